The molecule has 0 bridgehead atoms. The van der Waals surface area contributed by atoms with Crippen molar-refractivity contribution in [2.75, 3.05) is 0 Å². The van der Waals surface area contributed by atoms with E-state index in [1.54, 1.807) is 13.0 Å². The zero-order valence-electron chi connectivity index (χ0n) is 22.0. The van der Waals surface area contributed by atoms with Crippen LogP contribution in [0, 0.1) is 6.92 Å². The molecule has 6 rings (SSSR count). The Balaban J connectivity index is 1.17. The summed E-state index contributed by atoms with van der Waals surface area (Å²) in [6.07, 6.45) is 2.77. The number of hydrogen-bond acceptors (Lipinski definition) is 7. The quantitative estimate of drug-likeness (QED) is 0.256. The van der Waals surface area contributed by atoms with Gasteiger partial charge in [0.2, 0.25) is 23.4 Å². The molecule has 1 aliphatic rings. The monoisotopic (exact) mass is 558 g/mol. The molecule has 0 spiro atoms. The first kappa shape index (κ1) is 25.8. The summed E-state index contributed by atoms with van der Waals surface area (Å²) >= 11 is 6.78. The number of rotatable bonds is 9. The zero-order chi connectivity index (χ0) is 27.9. The van der Waals surface area contributed by atoms with Crippen LogP contribution in [-0.2, 0) is 17.8 Å². The van der Waals surface area contributed by atoms with Crippen molar-refractivity contribution in [2.24, 2.45) is 0 Å². The number of carbonyl (C=O) groups excluding carboxylic acids is 2. The van der Waals surface area contributed by atoms with Crippen molar-refractivity contribution in [3.8, 4) is 17.2 Å². The van der Waals surface area contributed by atoms with Crippen LogP contribution in [0.15, 0.2) is 63.6 Å². The smallest absolute Gasteiger partial charge is 0.290 e. The highest BCUT2D eigenvalue weighted by Crippen LogP contribution is 2.39. The highest BCUT2D eigenvalue weighted by atomic mass is 35.5. The molecule has 1 fully saturated rings. The van der Waals surface area contributed by atoms with Crippen LogP contribution in [0.2, 0.25) is 5.02 Å². The van der Waals surface area contributed by atoms with Crippen molar-refractivity contribution < 1.29 is 18.6 Å². The van der Waals surface area contributed by atoms with Gasteiger partial charge in [0, 0.05) is 30.6 Å². The minimum Gasteiger partial charge on any atom is -0.351 e. The van der Waals surface area contributed by atoms with Gasteiger partial charge < -0.3 is 24.2 Å². The van der Waals surface area contributed by atoms with E-state index in [0.717, 1.165) is 40.7 Å². The fraction of sp³-hybridized carbons (Fsp3) is 0.276. The van der Waals surface area contributed by atoms with Gasteiger partial charge >= 0.3 is 0 Å². The third kappa shape index (κ3) is 4.75. The standard InChI is InChI=1S/C29H27ClN6O4/c1-3-6-19-15-23(40-34-19)27(37)33-29(13-14-29)28(38)31-16-18-9-11-20(12-10-18)36-22-8-5-4-7-21(22)24(30)25(36)26-32-17(2)39-35-26/h4-5,7-12,15H,3,6,13-14,16H2,1-2H3,(H,31,38)(H,33,37). The first-order chi connectivity index (χ1) is 19.4. The summed E-state index contributed by atoms with van der Waals surface area (Å²) in [5, 5.41) is 15.2. The molecule has 2 amide bonds. The lowest BCUT2D eigenvalue weighted by atomic mass is 10.1. The Bertz CT molecular complexity index is 1710. The van der Waals surface area contributed by atoms with Gasteiger partial charge in [-0.05, 0) is 43.0 Å². The minimum absolute atomic E-state index is 0.117. The minimum atomic E-state index is -0.923. The zero-order valence-corrected chi connectivity index (χ0v) is 22.8. The number of halogens is 1. The molecule has 5 aromatic rings. The summed E-state index contributed by atoms with van der Waals surface area (Å²) < 4.78 is 12.4. The second kappa shape index (κ2) is 10.3. The molecular weight excluding hydrogens is 532 g/mol. The number of nitrogens with one attached hydrogen (secondary N) is 2. The van der Waals surface area contributed by atoms with E-state index in [-0.39, 0.29) is 11.7 Å². The lowest BCUT2D eigenvalue weighted by Gasteiger charge is -2.16. The molecule has 3 aromatic heterocycles. The SMILES string of the molecule is CCCc1cc(C(=O)NC2(C(=O)NCc3ccc(-n4c(-c5noc(C)n5)c(Cl)c5ccccc54)cc3)CC2)on1. The Morgan fingerprint density at radius 2 is 1.85 bits per heavy atom. The molecule has 11 heteroatoms. The highest BCUT2D eigenvalue weighted by Gasteiger charge is 2.51. The number of hydrogen-bond donors (Lipinski definition) is 2. The van der Waals surface area contributed by atoms with Crippen LogP contribution in [0.1, 0.15) is 53.9 Å². The van der Waals surface area contributed by atoms with Crippen LogP contribution in [0.25, 0.3) is 28.1 Å². The number of aromatic nitrogens is 4. The van der Waals surface area contributed by atoms with Gasteiger partial charge in [0.15, 0.2) is 0 Å². The van der Waals surface area contributed by atoms with Crippen molar-refractivity contribution in [1.29, 1.82) is 0 Å². The van der Waals surface area contributed by atoms with Crippen molar-refractivity contribution in [3.05, 3.63) is 82.5 Å². The first-order valence-corrected chi connectivity index (χ1v) is 13.5. The van der Waals surface area contributed by atoms with Crippen LogP contribution < -0.4 is 10.6 Å². The number of benzene rings is 2. The lowest BCUT2D eigenvalue weighted by molar-refractivity contribution is -0.124. The maximum atomic E-state index is 13.0. The second-order valence-electron chi connectivity index (χ2n) is 9.97. The van der Waals surface area contributed by atoms with Gasteiger partial charge in [-0.2, -0.15) is 4.98 Å². The number of nitrogens with zero attached hydrogens (tertiary/aromatic N) is 4. The van der Waals surface area contributed by atoms with E-state index in [4.69, 9.17) is 20.6 Å². The average molecular weight is 559 g/mol. The molecule has 0 unspecified atom stereocenters. The Hall–Kier alpha value is -4.44. The van der Waals surface area contributed by atoms with Crippen LogP contribution >= 0.6 is 11.6 Å². The molecule has 40 heavy (non-hydrogen) atoms. The van der Waals surface area contributed by atoms with E-state index in [0.29, 0.717) is 41.8 Å². The van der Waals surface area contributed by atoms with E-state index in [2.05, 4.69) is 25.9 Å². The van der Waals surface area contributed by atoms with E-state index >= 15 is 0 Å². The lowest BCUT2D eigenvalue weighted by Crippen LogP contribution is -2.48. The molecule has 0 aliphatic heterocycles. The Labute approximate surface area is 234 Å². The number of aryl methyl sites for hydroxylation is 2. The summed E-state index contributed by atoms with van der Waals surface area (Å²) in [7, 11) is 0. The first-order valence-electron chi connectivity index (χ1n) is 13.1. The summed E-state index contributed by atoms with van der Waals surface area (Å²) in [5.41, 5.74) is 3.11. The molecule has 0 saturated heterocycles. The van der Waals surface area contributed by atoms with Crippen molar-refractivity contribution in [2.45, 2.75) is 51.6 Å². The van der Waals surface area contributed by atoms with E-state index < -0.39 is 11.4 Å². The van der Waals surface area contributed by atoms with Crippen molar-refractivity contribution in [3.63, 3.8) is 0 Å². The van der Waals surface area contributed by atoms with Gasteiger partial charge in [0.05, 0.1) is 16.2 Å². The van der Waals surface area contributed by atoms with Crippen molar-refractivity contribution >= 4 is 34.3 Å². The Morgan fingerprint density at radius 1 is 1.07 bits per heavy atom. The maximum absolute atomic E-state index is 13.0. The second-order valence-corrected chi connectivity index (χ2v) is 10.3. The third-order valence-corrected chi connectivity index (χ3v) is 7.41. The van der Waals surface area contributed by atoms with Crippen LogP contribution in [0.3, 0.4) is 0 Å². The third-order valence-electron chi connectivity index (χ3n) is 7.03. The topological polar surface area (TPSA) is 128 Å². The molecule has 10 nitrogen and oxygen atoms in total. The Morgan fingerprint density at radius 3 is 2.55 bits per heavy atom. The van der Waals surface area contributed by atoms with E-state index in [1.807, 2.05) is 60.0 Å². The predicted octanol–water partition coefficient (Wildman–Crippen LogP) is 5.16. The van der Waals surface area contributed by atoms with Gasteiger partial charge in [0.1, 0.15) is 11.2 Å². The summed E-state index contributed by atoms with van der Waals surface area (Å²) in [4.78, 5) is 30.0. The fourth-order valence-electron chi connectivity index (χ4n) is 4.78. The van der Waals surface area contributed by atoms with Gasteiger partial charge in [-0.3, -0.25) is 9.59 Å². The molecule has 2 N–H and O–H groups in total. The number of carbonyl (C=O) groups is 2. The van der Waals surface area contributed by atoms with Crippen LogP contribution in [0.4, 0.5) is 0 Å². The van der Waals surface area contributed by atoms with E-state index in [1.165, 1.54) is 0 Å². The molecule has 1 saturated carbocycles. The molecule has 204 valence electrons. The Kier molecular flexibility index (Phi) is 6.63. The summed E-state index contributed by atoms with van der Waals surface area (Å²) in [6.45, 7) is 4.07. The normalized spacial score (nSPS) is 13.9. The summed E-state index contributed by atoms with van der Waals surface area (Å²) in [5.74, 6) is 0.304. The molecule has 0 atom stereocenters. The van der Waals surface area contributed by atoms with Gasteiger partial charge in [-0.1, -0.05) is 65.6 Å². The number of amides is 2. The number of para-hydroxylation sites is 1. The molecule has 1 aliphatic carbocycles. The molecule has 2 aromatic carbocycles. The molecule has 0 radical (unpaired) electrons. The number of fused-ring (bicyclic) bond motifs is 1. The maximum Gasteiger partial charge on any atom is 0.290 e. The van der Waals surface area contributed by atoms with E-state index in [9.17, 15) is 9.59 Å². The van der Waals surface area contributed by atoms with Gasteiger partial charge in [-0.25, -0.2) is 0 Å². The largest absolute Gasteiger partial charge is 0.351 e. The summed E-state index contributed by atoms with van der Waals surface area (Å²) in [6, 6.07) is 17.2. The molecular formula is C29H27ClN6O4. The van der Waals surface area contributed by atoms with Crippen LogP contribution in [-0.4, -0.2) is 37.2 Å². The van der Waals surface area contributed by atoms with Gasteiger partial charge in [0.25, 0.3) is 5.91 Å². The fourth-order valence-corrected chi connectivity index (χ4v) is 5.11. The average Bonchev–Trinajstić information content (AvgIpc) is 3.26. The molecule has 3 heterocycles. The predicted molar refractivity (Wildman–Crippen MR) is 148 cm³/mol. The van der Waals surface area contributed by atoms with Crippen molar-refractivity contribution in [1.82, 2.24) is 30.5 Å². The highest BCUT2D eigenvalue weighted by molar-refractivity contribution is 6.38. The van der Waals surface area contributed by atoms with Gasteiger partial charge in [-0.15, -0.1) is 0 Å². The van der Waals surface area contributed by atoms with Crippen LogP contribution in [0.5, 0.6) is 0 Å².